The van der Waals surface area contributed by atoms with Gasteiger partial charge in [0.2, 0.25) is 11.8 Å². The summed E-state index contributed by atoms with van der Waals surface area (Å²) in [6.07, 6.45) is 3.57. The zero-order valence-electron chi connectivity index (χ0n) is 23.6. The lowest BCUT2D eigenvalue weighted by Gasteiger charge is -2.37. The van der Waals surface area contributed by atoms with Crippen molar-refractivity contribution in [3.8, 4) is 0 Å². The third kappa shape index (κ3) is 6.28. The topological polar surface area (TPSA) is 184 Å². The lowest BCUT2D eigenvalue weighted by atomic mass is 9.77. The average Bonchev–Trinajstić information content (AvgIpc) is 3.79. The zero-order valence-corrected chi connectivity index (χ0v) is 24.4. The van der Waals surface area contributed by atoms with E-state index in [1.807, 2.05) is 0 Å². The molecule has 0 bridgehead atoms. The van der Waals surface area contributed by atoms with E-state index in [2.05, 4.69) is 10.6 Å². The number of carboxylic acid groups (broad SMARTS) is 2. The summed E-state index contributed by atoms with van der Waals surface area (Å²) in [5.74, 6) is -6.47. The summed E-state index contributed by atoms with van der Waals surface area (Å²) in [4.78, 5) is 80.0. The summed E-state index contributed by atoms with van der Waals surface area (Å²) >= 11 is 1.24. The summed E-state index contributed by atoms with van der Waals surface area (Å²) in [5, 5.41) is 31.4. The van der Waals surface area contributed by atoms with E-state index in [9.17, 15) is 39.0 Å². The van der Waals surface area contributed by atoms with Gasteiger partial charge in [0.15, 0.2) is 0 Å². The van der Waals surface area contributed by atoms with Crippen LogP contribution in [0.5, 0.6) is 0 Å². The second-order valence-corrected chi connectivity index (χ2v) is 12.4. The van der Waals surface area contributed by atoms with Crippen molar-refractivity contribution >= 4 is 46.9 Å². The molecule has 2 aliphatic heterocycles. The van der Waals surface area contributed by atoms with E-state index >= 15 is 0 Å². The summed E-state index contributed by atoms with van der Waals surface area (Å²) in [6, 6.07) is 2.87. The Morgan fingerprint density at radius 3 is 1.77 bits per heavy atom. The minimum absolute atomic E-state index is 0.0298. The first-order valence-corrected chi connectivity index (χ1v) is 15.2. The first-order valence-electron chi connectivity index (χ1n) is 14.3. The normalized spacial score (nSPS) is 27.1. The number of likely N-dealkylation sites (tertiary alicyclic amines) is 2. The van der Waals surface area contributed by atoms with Gasteiger partial charge in [-0.05, 0) is 49.3 Å². The van der Waals surface area contributed by atoms with Gasteiger partial charge in [0.25, 0.3) is 11.8 Å². The van der Waals surface area contributed by atoms with Crippen molar-refractivity contribution in [2.24, 2.45) is 18.9 Å². The smallest absolute Gasteiger partial charge is 0.268 e. The molecule has 0 aromatic carbocycles. The highest BCUT2D eigenvalue weighted by Gasteiger charge is 2.47. The van der Waals surface area contributed by atoms with Crippen LogP contribution in [0.3, 0.4) is 0 Å². The van der Waals surface area contributed by atoms with Crippen LogP contribution in [0.25, 0.3) is 0 Å². The monoisotopic (exact) mass is 611 g/mol. The maximum atomic E-state index is 13.9. The van der Waals surface area contributed by atoms with Gasteiger partial charge in [0, 0.05) is 50.3 Å². The molecule has 14 heteroatoms. The van der Waals surface area contributed by atoms with Crippen LogP contribution in [0, 0.1) is 11.8 Å². The van der Waals surface area contributed by atoms with Crippen molar-refractivity contribution in [1.82, 2.24) is 25.0 Å². The van der Waals surface area contributed by atoms with Crippen LogP contribution in [-0.4, -0.2) is 87.2 Å². The largest absolute Gasteiger partial charge is 0.548 e. The molecule has 3 fully saturated rings. The van der Waals surface area contributed by atoms with Crippen molar-refractivity contribution in [3.63, 3.8) is 0 Å². The maximum Gasteiger partial charge on any atom is 0.268 e. The zero-order chi connectivity index (χ0) is 30.8. The number of rotatable bonds is 8. The van der Waals surface area contributed by atoms with Crippen LogP contribution >= 0.6 is 11.3 Å². The molecule has 2 aromatic heterocycles. The van der Waals surface area contributed by atoms with Crippen molar-refractivity contribution in [1.29, 1.82) is 0 Å². The van der Waals surface area contributed by atoms with Gasteiger partial charge in [-0.1, -0.05) is 18.9 Å². The number of thiophene rings is 1. The third-order valence-electron chi connectivity index (χ3n) is 8.70. The van der Waals surface area contributed by atoms with Gasteiger partial charge in [0.05, 0.1) is 28.9 Å². The Morgan fingerprint density at radius 2 is 1.33 bits per heavy atom. The molecule has 2 saturated heterocycles. The Morgan fingerprint density at radius 1 is 0.791 bits per heavy atom. The highest BCUT2D eigenvalue weighted by atomic mass is 32.1. The standard InChI is InChI=1S/C29H35N5O8S/c1-32-10-4-8-20(32)24(35)30-16-12-21(28(39)40)33(14-16)26(37)18-6-2-3-7-19(18)27(38)34-15-17(13-22(34)29(41)42)31-25(36)23-9-5-11-43-23/h4-5,8-11,16-19,21-22H,2-3,6-7,12-15H2,1H3,(H,30,35)(H,31,36)(H,39,40)(H,41,42)/p-2. The summed E-state index contributed by atoms with van der Waals surface area (Å²) in [7, 11) is 1.70. The summed E-state index contributed by atoms with van der Waals surface area (Å²) in [6.45, 7) is -0.113. The molecule has 1 saturated carbocycles. The fraction of sp³-hybridized carbons (Fsp3) is 0.517. The molecule has 3 aliphatic rings. The minimum Gasteiger partial charge on any atom is -0.548 e. The second kappa shape index (κ2) is 12.6. The molecular weight excluding hydrogens is 578 g/mol. The van der Waals surface area contributed by atoms with Gasteiger partial charge >= 0.3 is 0 Å². The first-order chi connectivity index (χ1) is 20.5. The van der Waals surface area contributed by atoms with Crippen LogP contribution in [-0.2, 0) is 26.2 Å². The number of aliphatic carboxylic acids is 2. The van der Waals surface area contributed by atoms with Crippen LogP contribution in [0.15, 0.2) is 35.8 Å². The molecule has 4 heterocycles. The highest BCUT2D eigenvalue weighted by Crippen LogP contribution is 2.36. The van der Waals surface area contributed by atoms with Crippen LogP contribution in [0.4, 0.5) is 0 Å². The highest BCUT2D eigenvalue weighted by molar-refractivity contribution is 7.12. The van der Waals surface area contributed by atoms with E-state index in [1.54, 1.807) is 47.5 Å². The van der Waals surface area contributed by atoms with E-state index in [0.717, 1.165) is 0 Å². The number of aromatic nitrogens is 1. The third-order valence-corrected chi connectivity index (χ3v) is 9.57. The number of aryl methyl sites for hydroxylation is 1. The predicted octanol–water partition coefficient (Wildman–Crippen LogP) is -1.51. The number of nitrogens with one attached hydrogen (secondary N) is 2. The fourth-order valence-corrected chi connectivity index (χ4v) is 7.21. The number of hydrogen-bond donors (Lipinski definition) is 2. The van der Waals surface area contributed by atoms with Crippen LogP contribution in [0.2, 0.25) is 0 Å². The lowest BCUT2D eigenvalue weighted by Crippen LogP contribution is -2.54. The Labute approximate surface area is 251 Å². The van der Waals surface area contributed by atoms with Crippen molar-refractivity contribution in [2.45, 2.75) is 62.7 Å². The number of carbonyl (C=O) groups is 6. The molecule has 43 heavy (non-hydrogen) atoms. The van der Waals surface area contributed by atoms with Crippen molar-refractivity contribution < 1.29 is 39.0 Å². The summed E-state index contributed by atoms with van der Waals surface area (Å²) in [5.41, 5.74) is 0.380. The molecule has 5 rings (SSSR count). The molecule has 1 aliphatic carbocycles. The van der Waals surface area contributed by atoms with Gasteiger partial charge < -0.3 is 44.8 Å². The lowest BCUT2D eigenvalue weighted by molar-refractivity contribution is -0.312. The Kier molecular flexibility index (Phi) is 8.85. The molecule has 0 radical (unpaired) electrons. The van der Waals surface area contributed by atoms with E-state index < -0.39 is 65.7 Å². The number of nitrogens with zero attached hydrogens (tertiary/aromatic N) is 3. The van der Waals surface area contributed by atoms with E-state index in [0.29, 0.717) is 36.3 Å². The van der Waals surface area contributed by atoms with Crippen LogP contribution in [0.1, 0.15) is 58.7 Å². The number of hydrogen-bond acceptors (Lipinski definition) is 9. The average molecular weight is 612 g/mol. The van der Waals surface area contributed by atoms with E-state index in [-0.39, 0.29) is 31.8 Å². The van der Waals surface area contributed by atoms with Gasteiger partial charge in [-0.15, -0.1) is 11.3 Å². The number of carbonyl (C=O) groups excluding carboxylic acids is 6. The van der Waals surface area contributed by atoms with Gasteiger partial charge in [0.1, 0.15) is 5.69 Å². The molecule has 13 nitrogen and oxygen atoms in total. The number of carboxylic acids is 2. The minimum atomic E-state index is -1.46. The van der Waals surface area contributed by atoms with Gasteiger partial charge in [-0.3, -0.25) is 19.2 Å². The molecule has 2 aromatic rings. The first kappa shape index (κ1) is 30.3. The molecule has 6 atom stereocenters. The van der Waals surface area contributed by atoms with E-state index in [1.165, 1.54) is 21.1 Å². The van der Waals surface area contributed by atoms with Gasteiger partial charge in [-0.25, -0.2) is 0 Å². The van der Waals surface area contributed by atoms with Gasteiger partial charge in [-0.2, -0.15) is 0 Å². The SMILES string of the molecule is Cn1cccc1C(=O)NC1CC(C(=O)[O-])N(C(=O)C2CCCCC2C(=O)N2CC(NC(=O)c3cccs3)CC2C(=O)[O-])C1. The molecular formula is C29H33N5O8S-2. The van der Waals surface area contributed by atoms with Crippen molar-refractivity contribution in [2.75, 3.05) is 13.1 Å². The molecule has 2 N–H and O–H groups in total. The Bertz CT molecular complexity index is 1410. The summed E-state index contributed by atoms with van der Waals surface area (Å²) < 4.78 is 1.62. The fourth-order valence-electron chi connectivity index (χ4n) is 6.58. The van der Waals surface area contributed by atoms with Crippen LogP contribution < -0.4 is 20.8 Å². The van der Waals surface area contributed by atoms with Crippen molar-refractivity contribution in [3.05, 3.63) is 46.4 Å². The molecule has 6 unspecified atom stereocenters. The Balaban J connectivity index is 1.30. The molecule has 0 spiro atoms. The second-order valence-electron chi connectivity index (χ2n) is 11.4. The number of amides is 4. The quantitative estimate of drug-likeness (QED) is 0.361. The molecule has 230 valence electrons. The predicted molar refractivity (Wildman–Crippen MR) is 148 cm³/mol. The Hall–Kier alpha value is -4.20. The maximum absolute atomic E-state index is 13.9. The molecule has 4 amide bonds. The van der Waals surface area contributed by atoms with E-state index in [4.69, 9.17) is 0 Å².